The molecule has 4 aromatic carbocycles. The van der Waals surface area contributed by atoms with Crippen molar-refractivity contribution in [1.82, 2.24) is 5.32 Å². The summed E-state index contributed by atoms with van der Waals surface area (Å²) in [6.07, 6.45) is -5.59. The summed E-state index contributed by atoms with van der Waals surface area (Å²) in [5.74, 6) is -1.33. The zero-order valence-corrected chi connectivity index (χ0v) is 29.3. The largest absolute Gasteiger partial charge is 0.480 e. The Kier molecular flexibility index (Phi) is 13.7. The van der Waals surface area contributed by atoms with Crippen LogP contribution in [0.4, 0.5) is 4.79 Å². The van der Waals surface area contributed by atoms with Crippen molar-refractivity contribution in [2.24, 2.45) is 0 Å². The van der Waals surface area contributed by atoms with Gasteiger partial charge in [-0.3, -0.25) is 0 Å². The van der Waals surface area contributed by atoms with Crippen molar-refractivity contribution in [2.45, 2.75) is 89.4 Å². The summed E-state index contributed by atoms with van der Waals surface area (Å²) in [4.78, 5) is 26.0. The summed E-state index contributed by atoms with van der Waals surface area (Å²) in [7, 11) is 0. The van der Waals surface area contributed by atoms with E-state index in [1.54, 1.807) is 20.8 Å². The Morgan fingerprint density at radius 2 is 1.06 bits per heavy atom. The monoisotopic (exact) mass is 697 g/mol. The van der Waals surface area contributed by atoms with E-state index in [0.29, 0.717) is 6.61 Å². The van der Waals surface area contributed by atoms with Crippen LogP contribution < -0.4 is 5.32 Å². The predicted molar refractivity (Wildman–Crippen MR) is 191 cm³/mol. The molecule has 0 aliphatic carbocycles. The van der Waals surface area contributed by atoms with E-state index >= 15 is 0 Å². The number of aliphatic carboxylic acids is 1. The van der Waals surface area contributed by atoms with E-state index in [1.165, 1.54) is 0 Å². The molecule has 0 radical (unpaired) electrons. The second kappa shape index (κ2) is 18.6. The zero-order chi connectivity index (χ0) is 36.1. The molecule has 1 amide bonds. The van der Waals surface area contributed by atoms with Crippen molar-refractivity contribution < 1.29 is 43.1 Å². The lowest BCUT2D eigenvalue weighted by atomic mass is 9.90. The minimum atomic E-state index is -1.57. The minimum absolute atomic E-state index is 0.0419. The molecule has 1 aliphatic rings. The summed E-state index contributed by atoms with van der Waals surface area (Å²) in [6, 6.07) is 37.0. The lowest BCUT2D eigenvalue weighted by molar-refractivity contribution is -0.276. The number of benzene rings is 4. The van der Waals surface area contributed by atoms with Crippen LogP contribution >= 0.6 is 0 Å². The fraction of sp³-hybridized carbons (Fsp3) is 0.366. The van der Waals surface area contributed by atoms with E-state index in [-0.39, 0.29) is 26.4 Å². The average molecular weight is 698 g/mol. The van der Waals surface area contributed by atoms with Gasteiger partial charge in [-0.1, -0.05) is 121 Å². The van der Waals surface area contributed by atoms with Gasteiger partial charge in [0.1, 0.15) is 36.1 Å². The Morgan fingerprint density at radius 1 is 0.647 bits per heavy atom. The molecule has 10 nitrogen and oxygen atoms in total. The van der Waals surface area contributed by atoms with Gasteiger partial charge in [-0.15, -0.1) is 0 Å². The second-order valence-corrected chi connectivity index (χ2v) is 13.4. The molecule has 0 bridgehead atoms. The first-order chi connectivity index (χ1) is 24.7. The van der Waals surface area contributed by atoms with Gasteiger partial charge in [0.05, 0.1) is 33.0 Å². The lowest BCUT2D eigenvalue weighted by Gasteiger charge is -2.47. The Bertz CT molecular complexity index is 1620. The highest BCUT2D eigenvalue weighted by Crippen LogP contribution is 2.33. The van der Waals surface area contributed by atoms with Crippen LogP contribution in [0.5, 0.6) is 0 Å². The van der Waals surface area contributed by atoms with E-state index < -0.39 is 54.2 Å². The number of carboxylic acid groups (broad SMARTS) is 1. The van der Waals surface area contributed by atoms with Crippen LogP contribution in [0.15, 0.2) is 121 Å². The molecule has 0 aromatic heterocycles. The summed E-state index contributed by atoms with van der Waals surface area (Å²) in [5.41, 5.74) is 2.79. The van der Waals surface area contributed by atoms with Crippen molar-refractivity contribution in [2.75, 3.05) is 6.61 Å². The molecule has 1 heterocycles. The molecule has 1 fully saturated rings. The topological polar surface area (TPSA) is 122 Å². The van der Waals surface area contributed by atoms with Crippen LogP contribution in [0, 0.1) is 0 Å². The highest BCUT2D eigenvalue weighted by atomic mass is 16.6. The maximum absolute atomic E-state index is 13.1. The third-order valence-corrected chi connectivity index (χ3v) is 8.19. The summed E-state index contributed by atoms with van der Waals surface area (Å²) >= 11 is 0. The van der Waals surface area contributed by atoms with E-state index in [4.69, 9.17) is 28.4 Å². The van der Waals surface area contributed by atoms with Gasteiger partial charge in [-0.05, 0) is 43.0 Å². The standard InChI is InChI=1S/C41H47NO9/c1-41(2,3)51-40(45)42-34(39(43)44)36-38(49-27-32-22-14-7-15-23-32)37(48-26-31-20-12-6-13-21-31)35(47-25-30-18-10-5-11-19-30)33(50-36)28-46-24-29-16-8-4-9-17-29/h4-23,33-38H,24-28H2,1-3H3,(H,42,45)(H,43,44)/t33-,34+,35-,36+,37+,38+/m1/s1. The maximum Gasteiger partial charge on any atom is 0.408 e. The minimum Gasteiger partial charge on any atom is -0.480 e. The van der Waals surface area contributed by atoms with Crippen molar-refractivity contribution in [3.8, 4) is 0 Å². The van der Waals surface area contributed by atoms with Gasteiger partial charge >= 0.3 is 12.1 Å². The number of ether oxygens (including phenoxy) is 6. The first kappa shape index (κ1) is 37.7. The molecule has 1 saturated heterocycles. The summed E-state index contributed by atoms with van der Waals surface area (Å²) < 4.78 is 38.2. The number of hydrogen-bond acceptors (Lipinski definition) is 8. The number of carbonyl (C=O) groups excluding carboxylic acids is 1. The normalized spacial score (nSPS) is 21.0. The quantitative estimate of drug-likeness (QED) is 0.132. The van der Waals surface area contributed by atoms with Crippen LogP contribution in [-0.4, -0.2) is 65.9 Å². The number of alkyl carbamates (subject to hydrolysis) is 1. The van der Waals surface area contributed by atoms with Crippen molar-refractivity contribution >= 4 is 12.1 Å². The Balaban J connectivity index is 1.52. The summed E-state index contributed by atoms with van der Waals surface area (Å²) in [5, 5.41) is 13.1. The zero-order valence-electron chi connectivity index (χ0n) is 29.3. The molecule has 51 heavy (non-hydrogen) atoms. The average Bonchev–Trinajstić information content (AvgIpc) is 3.12. The van der Waals surface area contributed by atoms with Crippen molar-refractivity contribution in [1.29, 1.82) is 0 Å². The van der Waals surface area contributed by atoms with Crippen LogP contribution in [-0.2, 0) is 59.6 Å². The molecule has 270 valence electrons. The van der Waals surface area contributed by atoms with Gasteiger partial charge in [0, 0.05) is 0 Å². The van der Waals surface area contributed by atoms with Gasteiger partial charge in [0.25, 0.3) is 0 Å². The van der Waals surface area contributed by atoms with Crippen LogP contribution in [0.3, 0.4) is 0 Å². The number of amides is 1. The lowest BCUT2D eigenvalue weighted by Crippen LogP contribution is -2.67. The van der Waals surface area contributed by atoms with Gasteiger partial charge < -0.3 is 38.8 Å². The Hall–Kier alpha value is -4.58. The van der Waals surface area contributed by atoms with E-state index in [9.17, 15) is 14.7 Å². The van der Waals surface area contributed by atoms with Gasteiger partial charge in [0.2, 0.25) is 0 Å². The molecule has 10 heteroatoms. The van der Waals surface area contributed by atoms with Crippen LogP contribution in [0.2, 0.25) is 0 Å². The molecule has 0 saturated carbocycles. The molecule has 1 aliphatic heterocycles. The molecule has 6 atom stereocenters. The smallest absolute Gasteiger partial charge is 0.408 e. The third kappa shape index (κ3) is 11.7. The first-order valence-corrected chi connectivity index (χ1v) is 17.1. The van der Waals surface area contributed by atoms with E-state index in [1.807, 2.05) is 121 Å². The number of rotatable bonds is 16. The fourth-order valence-corrected chi connectivity index (χ4v) is 5.81. The number of hydrogen-bond donors (Lipinski definition) is 2. The highest BCUT2D eigenvalue weighted by molar-refractivity contribution is 5.80. The summed E-state index contributed by atoms with van der Waals surface area (Å²) in [6.45, 7) is 5.97. The van der Waals surface area contributed by atoms with Crippen LogP contribution in [0.1, 0.15) is 43.0 Å². The number of nitrogens with one attached hydrogen (secondary N) is 1. The third-order valence-electron chi connectivity index (χ3n) is 8.19. The predicted octanol–water partition coefficient (Wildman–Crippen LogP) is 6.70. The highest BCUT2D eigenvalue weighted by Gasteiger charge is 2.53. The maximum atomic E-state index is 13.1. The second-order valence-electron chi connectivity index (χ2n) is 13.4. The molecule has 2 N–H and O–H groups in total. The molecule has 0 spiro atoms. The van der Waals surface area contributed by atoms with E-state index in [0.717, 1.165) is 22.3 Å². The van der Waals surface area contributed by atoms with Crippen LogP contribution in [0.25, 0.3) is 0 Å². The molecular weight excluding hydrogens is 650 g/mol. The van der Waals surface area contributed by atoms with Gasteiger partial charge in [0.15, 0.2) is 6.04 Å². The van der Waals surface area contributed by atoms with E-state index in [2.05, 4.69) is 5.32 Å². The molecule has 4 aromatic rings. The van der Waals surface area contributed by atoms with Crippen molar-refractivity contribution in [3.63, 3.8) is 0 Å². The Labute approximate surface area is 299 Å². The molecule has 5 rings (SSSR count). The molecular formula is C41H47NO9. The van der Waals surface area contributed by atoms with Gasteiger partial charge in [-0.25, -0.2) is 9.59 Å². The van der Waals surface area contributed by atoms with Crippen molar-refractivity contribution in [3.05, 3.63) is 144 Å². The fourth-order valence-electron chi connectivity index (χ4n) is 5.81. The Morgan fingerprint density at radius 3 is 1.49 bits per heavy atom. The number of carboxylic acids is 1. The number of carbonyl (C=O) groups is 2. The van der Waals surface area contributed by atoms with Gasteiger partial charge in [-0.2, -0.15) is 0 Å². The molecule has 0 unspecified atom stereocenters. The SMILES string of the molecule is CC(C)(C)OC(=O)N[C@H](C(=O)O)[C@@H]1O[C@H](COCc2ccccc2)[C@@H](OCc2ccccc2)[C@H](OCc2ccccc2)[C@H]1OCc1ccccc1. The first-order valence-electron chi connectivity index (χ1n) is 17.1.